The lowest BCUT2D eigenvalue weighted by molar-refractivity contribution is 0.0946. The number of fused-ring (bicyclic) bond motifs is 2. The van der Waals surface area contributed by atoms with Gasteiger partial charge in [-0.25, -0.2) is 0 Å². The molecule has 1 heterocycles. The minimum atomic E-state index is 0.419. The highest BCUT2D eigenvalue weighted by atomic mass is 16.4. The summed E-state index contributed by atoms with van der Waals surface area (Å²) in [6.45, 7) is 5.47. The van der Waals surface area contributed by atoms with Gasteiger partial charge in [0.05, 0.1) is 11.8 Å². The molecule has 1 saturated heterocycles. The largest absolute Gasteiger partial charge is 0.411 e. The predicted octanol–water partition coefficient (Wildman–Crippen LogP) is 2.43. The van der Waals surface area contributed by atoms with E-state index in [2.05, 4.69) is 45.3 Å². The third kappa shape index (κ3) is 2.55. The first-order valence-corrected chi connectivity index (χ1v) is 8.57. The van der Waals surface area contributed by atoms with Gasteiger partial charge < -0.3 is 5.21 Å². The quantitative estimate of drug-likeness (QED) is 0.688. The second kappa shape index (κ2) is 6.01. The normalized spacial score (nSPS) is 34.5. The fourth-order valence-electron chi connectivity index (χ4n) is 4.72. The van der Waals surface area contributed by atoms with Crippen LogP contribution in [0.3, 0.4) is 0 Å². The molecule has 4 heteroatoms. The van der Waals surface area contributed by atoms with Crippen LogP contribution in [0.5, 0.6) is 0 Å². The van der Waals surface area contributed by atoms with E-state index in [1.165, 1.54) is 24.8 Å². The van der Waals surface area contributed by atoms with Crippen LogP contribution in [-0.2, 0) is 6.54 Å². The highest BCUT2D eigenvalue weighted by Crippen LogP contribution is 2.45. The molecule has 2 bridgehead atoms. The van der Waals surface area contributed by atoms with Gasteiger partial charge in [-0.2, -0.15) is 0 Å². The lowest BCUT2D eigenvalue weighted by Gasteiger charge is -2.41. The van der Waals surface area contributed by atoms with Crippen molar-refractivity contribution in [3.63, 3.8) is 0 Å². The van der Waals surface area contributed by atoms with Crippen LogP contribution in [0.1, 0.15) is 24.8 Å². The van der Waals surface area contributed by atoms with E-state index >= 15 is 0 Å². The Kier molecular flexibility index (Phi) is 3.89. The lowest BCUT2D eigenvalue weighted by Crippen LogP contribution is -2.54. The first-order chi connectivity index (χ1) is 10.8. The fraction of sp³-hybridized carbons (Fsp3) is 0.611. The van der Waals surface area contributed by atoms with Crippen LogP contribution in [0.15, 0.2) is 35.5 Å². The highest BCUT2D eigenvalue weighted by molar-refractivity contribution is 5.94. The summed E-state index contributed by atoms with van der Waals surface area (Å²) in [5.41, 5.74) is 2.47. The molecular weight excluding hydrogens is 274 g/mol. The maximum atomic E-state index is 9.39. The zero-order valence-electron chi connectivity index (χ0n) is 13.1. The highest BCUT2D eigenvalue weighted by Gasteiger charge is 2.48. The second-order valence-corrected chi connectivity index (χ2v) is 7.04. The smallest absolute Gasteiger partial charge is 0.0775 e. The standard InChI is InChI=1S/C18H25N3O/c22-19-17-15-6-7-16(12-15)18(17)21-10-8-20(9-11-21)13-14-4-2-1-3-5-14/h1-5,15-16,18,22H,6-13H2. The molecule has 4 rings (SSSR count). The van der Waals surface area contributed by atoms with Crippen molar-refractivity contribution < 1.29 is 5.21 Å². The summed E-state index contributed by atoms with van der Waals surface area (Å²) in [5.74, 6) is 1.29. The SMILES string of the molecule is ON=C1C2CCC(C2)C1N1CCN(Cc2ccccc2)CC1. The predicted molar refractivity (Wildman–Crippen MR) is 87.1 cm³/mol. The molecule has 3 unspecified atom stereocenters. The van der Waals surface area contributed by atoms with Gasteiger partial charge in [-0.05, 0) is 30.7 Å². The minimum Gasteiger partial charge on any atom is -0.411 e. The van der Waals surface area contributed by atoms with Gasteiger partial charge in [0.2, 0.25) is 0 Å². The van der Waals surface area contributed by atoms with Crippen molar-refractivity contribution in [3.05, 3.63) is 35.9 Å². The van der Waals surface area contributed by atoms with Crippen LogP contribution in [0.4, 0.5) is 0 Å². The Hall–Kier alpha value is -1.39. The number of hydrogen-bond donors (Lipinski definition) is 1. The third-order valence-corrected chi connectivity index (χ3v) is 5.81. The molecule has 0 spiro atoms. The Labute approximate surface area is 132 Å². The molecule has 2 saturated carbocycles. The van der Waals surface area contributed by atoms with Gasteiger partial charge >= 0.3 is 0 Å². The van der Waals surface area contributed by atoms with Crippen molar-refractivity contribution in [1.82, 2.24) is 9.80 Å². The van der Waals surface area contributed by atoms with Crippen LogP contribution in [0.25, 0.3) is 0 Å². The van der Waals surface area contributed by atoms with Crippen molar-refractivity contribution in [2.45, 2.75) is 31.8 Å². The van der Waals surface area contributed by atoms with Crippen LogP contribution in [0, 0.1) is 11.8 Å². The van der Waals surface area contributed by atoms with Gasteiger partial charge in [0.1, 0.15) is 0 Å². The van der Waals surface area contributed by atoms with Gasteiger partial charge in [0.15, 0.2) is 0 Å². The molecule has 1 N–H and O–H groups in total. The summed E-state index contributed by atoms with van der Waals surface area (Å²) in [5, 5.41) is 13.1. The van der Waals surface area contributed by atoms with E-state index < -0.39 is 0 Å². The Balaban J connectivity index is 1.36. The summed E-state index contributed by atoms with van der Waals surface area (Å²) in [6.07, 6.45) is 3.79. The molecule has 1 aromatic carbocycles. The molecule has 3 aliphatic rings. The van der Waals surface area contributed by atoms with E-state index in [9.17, 15) is 5.21 Å². The Morgan fingerprint density at radius 2 is 1.82 bits per heavy atom. The number of nitrogens with zero attached hydrogens (tertiary/aromatic N) is 3. The van der Waals surface area contributed by atoms with Crippen molar-refractivity contribution >= 4 is 5.71 Å². The zero-order chi connectivity index (χ0) is 14.9. The van der Waals surface area contributed by atoms with Crippen LogP contribution in [-0.4, -0.2) is 52.9 Å². The third-order valence-electron chi connectivity index (χ3n) is 5.81. The van der Waals surface area contributed by atoms with E-state index in [-0.39, 0.29) is 0 Å². The summed E-state index contributed by atoms with van der Waals surface area (Å²) < 4.78 is 0. The van der Waals surface area contributed by atoms with E-state index in [4.69, 9.17) is 0 Å². The zero-order valence-corrected chi connectivity index (χ0v) is 13.1. The molecule has 0 amide bonds. The molecule has 118 valence electrons. The van der Waals surface area contributed by atoms with Crippen LogP contribution >= 0.6 is 0 Å². The first kappa shape index (κ1) is 14.2. The number of benzene rings is 1. The van der Waals surface area contributed by atoms with Crippen molar-refractivity contribution in [3.8, 4) is 0 Å². The number of oxime groups is 1. The number of hydrogen-bond acceptors (Lipinski definition) is 4. The topological polar surface area (TPSA) is 39.1 Å². The van der Waals surface area contributed by atoms with Gasteiger partial charge in [-0.1, -0.05) is 35.5 Å². The van der Waals surface area contributed by atoms with Crippen molar-refractivity contribution in [2.24, 2.45) is 17.0 Å². The maximum Gasteiger partial charge on any atom is 0.0775 e. The molecule has 3 fully saturated rings. The fourth-order valence-corrected chi connectivity index (χ4v) is 4.72. The van der Waals surface area contributed by atoms with E-state index in [1.807, 2.05) is 0 Å². The Morgan fingerprint density at radius 1 is 1.05 bits per heavy atom. The molecule has 1 aromatic rings. The molecule has 2 aliphatic carbocycles. The molecule has 1 aliphatic heterocycles. The molecule has 0 radical (unpaired) electrons. The molecule has 3 atom stereocenters. The summed E-state index contributed by atoms with van der Waals surface area (Å²) in [6, 6.07) is 11.1. The van der Waals surface area contributed by atoms with Crippen LogP contribution in [0.2, 0.25) is 0 Å². The average Bonchev–Trinajstić information content (AvgIpc) is 3.17. The summed E-state index contributed by atoms with van der Waals surface area (Å²) in [7, 11) is 0. The Morgan fingerprint density at radius 3 is 2.55 bits per heavy atom. The average molecular weight is 299 g/mol. The Bertz CT molecular complexity index is 537. The number of rotatable bonds is 3. The van der Waals surface area contributed by atoms with Gasteiger partial charge in [0.25, 0.3) is 0 Å². The molecule has 0 aromatic heterocycles. The van der Waals surface area contributed by atoms with Gasteiger partial charge in [0, 0.05) is 38.6 Å². The summed E-state index contributed by atoms with van der Waals surface area (Å²) in [4.78, 5) is 5.11. The van der Waals surface area contributed by atoms with E-state index in [1.54, 1.807) is 0 Å². The second-order valence-electron chi connectivity index (χ2n) is 7.04. The monoisotopic (exact) mass is 299 g/mol. The maximum absolute atomic E-state index is 9.39. The van der Waals surface area contributed by atoms with Gasteiger partial charge in [-0.3, -0.25) is 9.80 Å². The summed E-state index contributed by atoms with van der Waals surface area (Å²) >= 11 is 0. The van der Waals surface area contributed by atoms with Crippen molar-refractivity contribution in [2.75, 3.05) is 26.2 Å². The first-order valence-electron chi connectivity index (χ1n) is 8.57. The van der Waals surface area contributed by atoms with Crippen LogP contribution < -0.4 is 0 Å². The van der Waals surface area contributed by atoms with Gasteiger partial charge in [-0.15, -0.1) is 0 Å². The van der Waals surface area contributed by atoms with E-state index in [0.29, 0.717) is 12.0 Å². The molecule has 22 heavy (non-hydrogen) atoms. The molecule has 4 nitrogen and oxygen atoms in total. The van der Waals surface area contributed by atoms with Crippen molar-refractivity contribution in [1.29, 1.82) is 0 Å². The van der Waals surface area contributed by atoms with E-state index in [0.717, 1.165) is 44.4 Å². The lowest BCUT2D eigenvalue weighted by atomic mass is 9.91. The minimum absolute atomic E-state index is 0.419. The molecular formula is C18H25N3O. The number of piperazine rings is 1.